The first kappa shape index (κ1) is 14.7. The standard InChI is InChI=1S/C13H14ClN3O2S/c1-8-5-10(17(18)19)6-11(14)12(8)16-7-9(2)13-15-3-4-20-13/h3-6,9,16H,7H2,1-2H3. The molecule has 7 heteroatoms. The molecule has 1 aromatic heterocycles. The van der Waals surface area contributed by atoms with E-state index in [9.17, 15) is 10.1 Å². The lowest BCUT2D eigenvalue weighted by atomic mass is 10.1. The second kappa shape index (κ2) is 6.19. The number of nitrogens with zero attached hydrogens (tertiary/aromatic N) is 2. The molecule has 1 aromatic carbocycles. The lowest BCUT2D eigenvalue weighted by molar-refractivity contribution is -0.384. The van der Waals surface area contributed by atoms with Gasteiger partial charge in [0.15, 0.2) is 0 Å². The van der Waals surface area contributed by atoms with Crippen molar-refractivity contribution >= 4 is 34.3 Å². The number of aryl methyl sites for hydroxylation is 1. The minimum Gasteiger partial charge on any atom is -0.383 e. The monoisotopic (exact) mass is 311 g/mol. The summed E-state index contributed by atoms with van der Waals surface area (Å²) in [5.41, 5.74) is 1.50. The van der Waals surface area contributed by atoms with E-state index in [2.05, 4.69) is 17.2 Å². The first-order valence-electron chi connectivity index (χ1n) is 6.07. The number of nitro benzene ring substituents is 1. The molecule has 0 aliphatic heterocycles. The minimum atomic E-state index is -0.444. The van der Waals surface area contributed by atoms with Crippen LogP contribution in [-0.2, 0) is 0 Å². The number of nitro groups is 1. The fourth-order valence-electron chi connectivity index (χ4n) is 1.88. The van der Waals surface area contributed by atoms with Gasteiger partial charge >= 0.3 is 0 Å². The zero-order valence-corrected chi connectivity index (χ0v) is 12.7. The molecule has 1 heterocycles. The van der Waals surface area contributed by atoms with Gasteiger partial charge in [-0.05, 0) is 12.5 Å². The van der Waals surface area contributed by atoms with Crippen molar-refractivity contribution in [2.75, 3.05) is 11.9 Å². The molecule has 0 spiro atoms. The smallest absolute Gasteiger partial charge is 0.271 e. The largest absolute Gasteiger partial charge is 0.383 e. The normalized spacial score (nSPS) is 12.2. The maximum Gasteiger partial charge on any atom is 0.271 e. The molecule has 0 saturated carbocycles. The molecule has 20 heavy (non-hydrogen) atoms. The van der Waals surface area contributed by atoms with E-state index in [1.54, 1.807) is 24.5 Å². The van der Waals surface area contributed by atoms with Gasteiger partial charge < -0.3 is 5.32 Å². The highest BCUT2D eigenvalue weighted by atomic mass is 35.5. The molecule has 0 radical (unpaired) electrons. The third-order valence-corrected chi connectivity index (χ3v) is 4.25. The summed E-state index contributed by atoms with van der Waals surface area (Å²) in [6.07, 6.45) is 1.78. The predicted molar refractivity (Wildman–Crippen MR) is 81.9 cm³/mol. The Kier molecular flexibility index (Phi) is 4.57. The van der Waals surface area contributed by atoms with Gasteiger partial charge in [0.1, 0.15) is 0 Å². The molecule has 0 aliphatic rings. The minimum absolute atomic E-state index is 0.00558. The Balaban J connectivity index is 2.12. The Bertz CT molecular complexity index is 593. The third kappa shape index (κ3) is 3.26. The quantitative estimate of drug-likeness (QED) is 0.662. The summed E-state index contributed by atoms with van der Waals surface area (Å²) >= 11 is 7.71. The molecule has 106 valence electrons. The van der Waals surface area contributed by atoms with Gasteiger partial charge in [-0.15, -0.1) is 11.3 Å². The van der Waals surface area contributed by atoms with E-state index in [1.807, 2.05) is 5.38 Å². The summed E-state index contributed by atoms with van der Waals surface area (Å²) in [4.78, 5) is 14.6. The maximum absolute atomic E-state index is 10.8. The van der Waals surface area contributed by atoms with Crippen molar-refractivity contribution < 1.29 is 4.92 Å². The van der Waals surface area contributed by atoms with E-state index < -0.39 is 4.92 Å². The average molecular weight is 312 g/mol. The predicted octanol–water partition coefficient (Wildman–Crippen LogP) is 4.23. The molecule has 1 atom stereocenters. The Labute approximate surface area is 125 Å². The summed E-state index contributed by atoms with van der Waals surface area (Å²) in [5, 5.41) is 17.4. The van der Waals surface area contributed by atoms with Crippen LogP contribution in [0.15, 0.2) is 23.7 Å². The van der Waals surface area contributed by atoms with Crippen LogP contribution in [0.25, 0.3) is 0 Å². The number of hydrogen-bond acceptors (Lipinski definition) is 5. The fraction of sp³-hybridized carbons (Fsp3) is 0.308. The summed E-state index contributed by atoms with van der Waals surface area (Å²) < 4.78 is 0. The second-order valence-corrected chi connectivity index (χ2v) is 5.86. The second-order valence-electron chi connectivity index (χ2n) is 4.53. The highest BCUT2D eigenvalue weighted by Gasteiger charge is 2.14. The van der Waals surface area contributed by atoms with Crippen molar-refractivity contribution in [3.8, 4) is 0 Å². The number of halogens is 1. The Hall–Kier alpha value is -1.66. The van der Waals surface area contributed by atoms with Crippen LogP contribution < -0.4 is 5.32 Å². The molecule has 1 unspecified atom stereocenters. The molecular weight excluding hydrogens is 298 g/mol. The SMILES string of the molecule is Cc1cc([N+](=O)[O-])cc(Cl)c1NCC(C)c1nccs1. The van der Waals surface area contributed by atoms with Gasteiger partial charge in [-0.1, -0.05) is 18.5 Å². The Morgan fingerprint density at radius 2 is 2.30 bits per heavy atom. The molecule has 2 aromatic rings. The van der Waals surface area contributed by atoms with Crippen molar-refractivity contribution in [2.24, 2.45) is 0 Å². The molecule has 5 nitrogen and oxygen atoms in total. The average Bonchev–Trinajstić information content (AvgIpc) is 2.91. The van der Waals surface area contributed by atoms with Crippen LogP contribution in [-0.4, -0.2) is 16.5 Å². The van der Waals surface area contributed by atoms with Crippen molar-refractivity contribution in [1.29, 1.82) is 0 Å². The molecule has 0 fully saturated rings. The topological polar surface area (TPSA) is 68.1 Å². The Morgan fingerprint density at radius 3 is 2.85 bits per heavy atom. The fourth-order valence-corrected chi connectivity index (χ4v) is 2.90. The lowest BCUT2D eigenvalue weighted by Gasteiger charge is -2.14. The van der Waals surface area contributed by atoms with Gasteiger partial charge in [0.05, 0.1) is 20.6 Å². The number of anilines is 1. The van der Waals surface area contributed by atoms with Crippen molar-refractivity contribution in [1.82, 2.24) is 4.98 Å². The van der Waals surface area contributed by atoms with Gasteiger partial charge in [0.25, 0.3) is 5.69 Å². The molecule has 0 aliphatic carbocycles. The molecule has 0 saturated heterocycles. The van der Waals surface area contributed by atoms with Gasteiger partial charge in [-0.25, -0.2) is 4.98 Å². The van der Waals surface area contributed by atoms with Crippen molar-refractivity contribution in [3.63, 3.8) is 0 Å². The van der Waals surface area contributed by atoms with Gasteiger partial charge in [-0.2, -0.15) is 0 Å². The van der Waals surface area contributed by atoms with Crippen LogP contribution in [0.2, 0.25) is 5.02 Å². The van der Waals surface area contributed by atoms with Gasteiger partial charge in [0, 0.05) is 36.2 Å². The number of hydrogen-bond donors (Lipinski definition) is 1. The van der Waals surface area contributed by atoms with Crippen LogP contribution in [0.4, 0.5) is 11.4 Å². The Morgan fingerprint density at radius 1 is 1.55 bits per heavy atom. The van der Waals surface area contributed by atoms with Crippen LogP contribution in [0, 0.1) is 17.0 Å². The van der Waals surface area contributed by atoms with Crippen molar-refractivity contribution in [3.05, 3.63) is 49.4 Å². The van der Waals surface area contributed by atoms with Crippen LogP contribution >= 0.6 is 22.9 Å². The summed E-state index contributed by atoms with van der Waals surface area (Å²) in [7, 11) is 0. The highest BCUT2D eigenvalue weighted by Crippen LogP contribution is 2.31. The number of nitrogens with one attached hydrogen (secondary N) is 1. The summed E-state index contributed by atoms with van der Waals surface area (Å²) in [6.45, 7) is 4.54. The van der Waals surface area contributed by atoms with Crippen LogP contribution in [0.3, 0.4) is 0 Å². The van der Waals surface area contributed by atoms with Crippen LogP contribution in [0.1, 0.15) is 23.4 Å². The van der Waals surface area contributed by atoms with Crippen LogP contribution in [0.5, 0.6) is 0 Å². The molecule has 1 N–H and O–H groups in total. The molecule has 2 rings (SSSR count). The summed E-state index contributed by atoms with van der Waals surface area (Å²) in [5.74, 6) is 0.251. The lowest BCUT2D eigenvalue weighted by Crippen LogP contribution is -2.11. The van der Waals surface area contributed by atoms with E-state index in [-0.39, 0.29) is 11.6 Å². The molecule has 0 bridgehead atoms. The van der Waals surface area contributed by atoms with E-state index in [1.165, 1.54) is 12.1 Å². The summed E-state index contributed by atoms with van der Waals surface area (Å²) in [6, 6.07) is 2.88. The number of rotatable bonds is 5. The molecule has 0 amide bonds. The molecular formula is C13H14ClN3O2S. The maximum atomic E-state index is 10.8. The highest BCUT2D eigenvalue weighted by molar-refractivity contribution is 7.09. The van der Waals surface area contributed by atoms with Gasteiger partial charge in [-0.3, -0.25) is 10.1 Å². The van der Waals surface area contributed by atoms with Gasteiger partial charge in [0.2, 0.25) is 0 Å². The van der Waals surface area contributed by atoms with E-state index >= 15 is 0 Å². The number of thiazole rings is 1. The van der Waals surface area contributed by atoms with E-state index in [4.69, 9.17) is 11.6 Å². The van der Waals surface area contributed by atoms with Crippen molar-refractivity contribution in [2.45, 2.75) is 19.8 Å². The number of aromatic nitrogens is 1. The number of non-ortho nitro benzene ring substituents is 1. The first-order valence-corrected chi connectivity index (χ1v) is 7.32. The zero-order chi connectivity index (χ0) is 14.7. The zero-order valence-electron chi connectivity index (χ0n) is 11.1. The van der Waals surface area contributed by atoms with E-state index in [0.717, 1.165) is 16.3 Å². The first-order chi connectivity index (χ1) is 9.49. The van der Waals surface area contributed by atoms with E-state index in [0.29, 0.717) is 11.6 Å². The third-order valence-electron chi connectivity index (χ3n) is 2.94. The number of benzene rings is 1.